The third kappa shape index (κ3) is 5.03. The second-order valence-electron chi connectivity index (χ2n) is 8.71. The topological polar surface area (TPSA) is 85.2 Å². The van der Waals surface area contributed by atoms with Crippen molar-refractivity contribution >= 4 is 33.8 Å². The molecule has 1 aromatic heterocycles. The van der Waals surface area contributed by atoms with Crippen LogP contribution in [0.5, 0.6) is 0 Å². The van der Waals surface area contributed by atoms with E-state index in [0.717, 1.165) is 49.8 Å². The summed E-state index contributed by atoms with van der Waals surface area (Å²) in [6, 6.07) is 11.5. The van der Waals surface area contributed by atoms with Gasteiger partial charge in [0.25, 0.3) is 0 Å². The number of hydrogen-bond donors (Lipinski definition) is 2. The lowest BCUT2D eigenvalue weighted by Gasteiger charge is -2.34. The minimum Gasteiger partial charge on any atom is -0.326 e. The number of aryl methyl sites for hydroxylation is 1. The Bertz CT molecular complexity index is 1000. The maximum absolute atomic E-state index is 13.0. The SMILES string of the molecule is CC(C(=O)Nc1sc2c(c1C#N)CCCCC2)N1CCC(C(=O)Nc2ccccc2)CC1. The summed E-state index contributed by atoms with van der Waals surface area (Å²) in [5, 5.41) is 16.4. The van der Waals surface area contributed by atoms with E-state index in [4.69, 9.17) is 0 Å². The number of hydrogen-bond acceptors (Lipinski definition) is 5. The van der Waals surface area contributed by atoms with E-state index in [2.05, 4.69) is 21.6 Å². The van der Waals surface area contributed by atoms with Crippen molar-refractivity contribution < 1.29 is 9.59 Å². The number of thiophene rings is 1. The van der Waals surface area contributed by atoms with Crippen molar-refractivity contribution in [1.82, 2.24) is 4.90 Å². The number of likely N-dealkylation sites (tertiary alicyclic amines) is 1. The molecule has 1 saturated heterocycles. The van der Waals surface area contributed by atoms with Crippen molar-refractivity contribution in [1.29, 1.82) is 5.26 Å². The Balaban J connectivity index is 1.33. The molecule has 1 fully saturated rings. The third-order valence-corrected chi connectivity index (χ3v) is 7.85. The van der Waals surface area contributed by atoms with Crippen LogP contribution in [0.1, 0.15) is 55.0 Å². The van der Waals surface area contributed by atoms with Gasteiger partial charge in [0.2, 0.25) is 11.8 Å². The number of amides is 2. The van der Waals surface area contributed by atoms with Crippen molar-refractivity contribution in [2.24, 2.45) is 5.92 Å². The summed E-state index contributed by atoms with van der Waals surface area (Å²) in [6.07, 6.45) is 6.84. The summed E-state index contributed by atoms with van der Waals surface area (Å²) in [5.74, 6) is -0.0725. The molecule has 0 radical (unpaired) electrons. The molecular formula is C25H30N4O2S. The van der Waals surface area contributed by atoms with Crippen LogP contribution in [0.2, 0.25) is 0 Å². The molecule has 1 unspecified atom stereocenters. The van der Waals surface area contributed by atoms with Crippen molar-refractivity contribution in [2.75, 3.05) is 23.7 Å². The molecule has 2 N–H and O–H groups in total. The number of para-hydroxylation sites is 1. The van der Waals surface area contributed by atoms with Crippen LogP contribution in [-0.2, 0) is 22.4 Å². The number of benzene rings is 1. The van der Waals surface area contributed by atoms with E-state index < -0.39 is 0 Å². The fourth-order valence-corrected chi connectivity index (χ4v) is 5.89. The van der Waals surface area contributed by atoms with Crippen LogP contribution in [-0.4, -0.2) is 35.8 Å². The molecule has 2 amide bonds. The first kappa shape index (κ1) is 22.5. The van der Waals surface area contributed by atoms with Gasteiger partial charge < -0.3 is 10.6 Å². The number of fused-ring (bicyclic) bond motifs is 1. The molecule has 2 aliphatic rings. The van der Waals surface area contributed by atoms with E-state index in [1.807, 2.05) is 37.3 Å². The Morgan fingerprint density at radius 2 is 1.81 bits per heavy atom. The fourth-order valence-electron chi connectivity index (χ4n) is 4.65. The zero-order valence-electron chi connectivity index (χ0n) is 18.5. The van der Waals surface area contributed by atoms with Crippen molar-refractivity contribution in [3.05, 3.63) is 46.3 Å². The lowest BCUT2D eigenvalue weighted by molar-refractivity contribution is -0.123. The monoisotopic (exact) mass is 450 g/mol. The summed E-state index contributed by atoms with van der Waals surface area (Å²) in [5.41, 5.74) is 2.61. The van der Waals surface area contributed by atoms with Crippen molar-refractivity contribution in [3.8, 4) is 6.07 Å². The zero-order chi connectivity index (χ0) is 22.5. The van der Waals surface area contributed by atoms with Crippen LogP contribution in [0.3, 0.4) is 0 Å². The molecule has 0 saturated carbocycles. The lowest BCUT2D eigenvalue weighted by Crippen LogP contribution is -2.47. The molecule has 0 spiro atoms. The largest absolute Gasteiger partial charge is 0.326 e. The molecule has 1 aliphatic heterocycles. The molecule has 32 heavy (non-hydrogen) atoms. The van der Waals surface area contributed by atoms with Crippen molar-refractivity contribution in [3.63, 3.8) is 0 Å². The highest BCUT2D eigenvalue weighted by molar-refractivity contribution is 7.16. The summed E-state index contributed by atoms with van der Waals surface area (Å²) in [6.45, 7) is 3.31. The first-order valence-corrected chi connectivity index (χ1v) is 12.3. The van der Waals surface area contributed by atoms with Crippen LogP contribution < -0.4 is 10.6 Å². The Hall–Kier alpha value is -2.69. The van der Waals surface area contributed by atoms with E-state index in [-0.39, 0.29) is 23.8 Å². The molecule has 2 heterocycles. The first-order valence-electron chi connectivity index (χ1n) is 11.5. The summed E-state index contributed by atoms with van der Waals surface area (Å²) < 4.78 is 0. The third-order valence-electron chi connectivity index (χ3n) is 6.64. The average Bonchev–Trinajstić information content (AvgIpc) is 2.97. The predicted molar refractivity (Wildman–Crippen MR) is 128 cm³/mol. The Kier molecular flexibility index (Phi) is 7.23. The quantitative estimate of drug-likeness (QED) is 0.654. The summed E-state index contributed by atoms with van der Waals surface area (Å²) >= 11 is 1.57. The van der Waals surface area contributed by atoms with E-state index >= 15 is 0 Å². The number of rotatable bonds is 5. The number of anilines is 2. The summed E-state index contributed by atoms with van der Waals surface area (Å²) in [7, 11) is 0. The van der Waals surface area contributed by atoms with Crippen LogP contribution in [0.4, 0.5) is 10.7 Å². The van der Waals surface area contributed by atoms with Gasteiger partial charge in [-0.1, -0.05) is 24.6 Å². The fraction of sp³-hybridized carbons (Fsp3) is 0.480. The highest BCUT2D eigenvalue weighted by Crippen LogP contribution is 2.37. The van der Waals surface area contributed by atoms with Gasteiger partial charge in [0.05, 0.1) is 11.6 Å². The minimum atomic E-state index is -0.304. The Labute approximate surface area is 193 Å². The van der Waals surface area contributed by atoms with E-state index in [9.17, 15) is 14.9 Å². The van der Waals surface area contributed by atoms with Gasteiger partial charge in [-0.3, -0.25) is 14.5 Å². The molecule has 4 rings (SSSR count). The van der Waals surface area contributed by atoms with Crippen molar-refractivity contribution in [2.45, 2.75) is 57.9 Å². The van der Waals surface area contributed by atoms with Gasteiger partial charge in [-0.25, -0.2) is 0 Å². The maximum atomic E-state index is 13.0. The van der Waals surface area contributed by atoms with Gasteiger partial charge in [-0.2, -0.15) is 5.26 Å². The molecule has 6 nitrogen and oxygen atoms in total. The number of nitriles is 1. The molecule has 1 aromatic carbocycles. The number of piperidine rings is 1. The van der Waals surface area contributed by atoms with Crippen LogP contribution in [0, 0.1) is 17.2 Å². The second kappa shape index (κ2) is 10.3. The summed E-state index contributed by atoms with van der Waals surface area (Å²) in [4.78, 5) is 28.9. The number of nitrogens with zero attached hydrogens (tertiary/aromatic N) is 2. The minimum absolute atomic E-state index is 0.0418. The predicted octanol–water partition coefficient (Wildman–Crippen LogP) is 4.57. The van der Waals surface area contributed by atoms with Gasteiger partial charge in [-0.15, -0.1) is 11.3 Å². The van der Waals surface area contributed by atoms with Crippen LogP contribution in [0.25, 0.3) is 0 Å². The maximum Gasteiger partial charge on any atom is 0.242 e. The van der Waals surface area contributed by atoms with E-state index in [1.54, 1.807) is 11.3 Å². The van der Waals surface area contributed by atoms with Crippen LogP contribution >= 0.6 is 11.3 Å². The van der Waals surface area contributed by atoms with Gasteiger partial charge in [-0.05, 0) is 76.2 Å². The van der Waals surface area contributed by atoms with Gasteiger partial charge in [0.1, 0.15) is 11.1 Å². The van der Waals surface area contributed by atoms with Gasteiger partial charge in [0, 0.05) is 16.5 Å². The molecule has 7 heteroatoms. The molecule has 168 valence electrons. The number of carbonyl (C=O) groups excluding carboxylic acids is 2. The normalized spacial score (nSPS) is 18.1. The smallest absolute Gasteiger partial charge is 0.242 e. The van der Waals surface area contributed by atoms with E-state index in [0.29, 0.717) is 23.7 Å². The highest BCUT2D eigenvalue weighted by Gasteiger charge is 2.31. The molecule has 2 aromatic rings. The zero-order valence-corrected chi connectivity index (χ0v) is 19.3. The standard InChI is InChI=1S/C25H30N4O2S/c1-17(23(30)28-25-21(16-26)20-10-6-3-7-11-22(20)32-25)29-14-12-18(13-15-29)24(31)27-19-8-4-2-5-9-19/h2,4-5,8-9,17-18H,3,6-7,10-15H2,1H3,(H,27,31)(H,28,30). The van der Waals surface area contributed by atoms with Gasteiger partial charge >= 0.3 is 0 Å². The molecule has 0 bridgehead atoms. The van der Waals surface area contributed by atoms with Crippen LogP contribution in [0.15, 0.2) is 30.3 Å². The Morgan fingerprint density at radius 3 is 2.53 bits per heavy atom. The second-order valence-corrected chi connectivity index (χ2v) is 9.82. The first-order chi connectivity index (χ1) is 15.6. The Morgan fingerprint density at radius 1 is 1.09 bits per heavy atom. The molecular weight excluding hydrogens is 420 g/mol. The highest BCUT2D eigenvalue weighted by atomic mass is 32.1. The molecule has 1 aliphatic carbocycles. The molecule has 1 atom stereocenters. The number of carbonyl (C=O) groups is 2. The number of nitrogens with one attached hydrogen (secondary N) is 2. The lowest BCUT2D eigenvalue weighted by atomic mass is 9.94. The van der Waals surface area contributed by atoms with E-state index in [1.165, 1.54) is 11.3 Å². The average molecular weight is 451 g/mol. The van der Waals surface area contributed by atoms with Gasteiger partial charge in [0.15, 0.2) is 0 Å².